The number of nitrogens with zero attached hydrogens (tertiary/aromatic N) is 4. The molecular weight excluding hydrogens is 336 g/mol. The molecular formula is C19H23ClN4O. The average Bonchev–Trinajstić information content (AvgIpc) is 3.43. The molecule has 4 rings (SSSR count). The van der Waals surface area contributed by atoms with Crippen LogP contribution in [0.2, 0.25) is 5.02 Å². The van der Waals surface area contributed by atoms with Crippen molar-refractivity contribution >= 4 is 17.5 Å². The van der Waals surface area contributed by atoms with Crippen molar-refractivity contribution < 1.29 is 4.74 Å². The number of pyridine rings is 1. The fourth-order valence-corrected chi connectivity index (χ4v) is 4.04. The quantitative estimate of drug-likeness (QED) is 0.785. The van der Waals surface area contributed by atoms with E-state index < -0.39 is 0 Å². The fraction of sp³-hybridized carbons (Fsp3) is 0.526. The molecule has 2 aromatic rings. The molecule has 0 N–H and O–H groups in total. The lowest BCUT2D eigenvalue weighted by molar-refractivity contribution is 0.284. The van der Waals surface area contributed by atoms with Gasteiger partial charge in [-0.3, -0.25) is 4.98 Å². The maximum Gasteiger partial charge on any atom is 0.225 e. The Bertz CT molecular complexity index is 674. The van der Waals surface area contributed by atoms with Crippen LogP contribution in [-0.4, -0.2) is 34.6 Å². The second kappa shape index (κ2) is 7.56. The molecule has 2 aromatic heterocycles. The van der Waals surface area contributed by atoms with Crippen molar-refractivity contribution in [3.63, 3.8) is 0 Å². The molecule has 25 heavy (non-hydrogen) atoms. The van der Waals surface area contributed by atoms with Crippen molar-refractivity contribution in [1.29, 1.82) is 0 Å². The van der Waals surface area contributed by atoms with E-state index >= 15 is 0 Å². The van der Waals surface area contributed by atoms with E-state index in [4.69, 9.17) is 16.3 Å². The van der Waals surface area contributed by atoms with Crippen molar-refractivity contribution in [2.75, 3.05) is 24.6 Å². The Morgan fingerprint density at radius 2 is 1.84 bits per heavy atom. The maximum atomic E-state index is 5.86. The summed E-state index contributed by atoms with van der Waals surface area (Å²) in [4.78, 5) is 14.9. The number of piperidine rings is 1. The number of hydrogen-bond donors (Lipinski definition) is 0. The zero-order chi connectivity index (χ0) is 17.1. The van der Waals surface area contributed by atoms with Gasteiger partial charge in [0.1, 0.15) is 5.75 Å². The van der Waals surface area contributed by atoms with Crippen molar-refractivity contribution in [1.82, 2.24) is 15.0 Å². The monoisotopic (exact) mass is 358 g/mol. The Morgan fingerprint density at radius 3 is 2.56 bits per heavy atom. The van der Waals surface area contributed by atoms with Crippen molar-refractivity contribution in [2.45, 2.75) is 25.7 Å². The van der Waals surface area contributed by atoms with Crippen LogP contribution >= 0.6 is 11.6 Å². The van der Waals surface area contributed by atoms with Crippen molar-refractivity contribution in [3.05, 3.63) is 41.9 Å². The van der Waals surface area contributed by atoms with Gasteiger partial charge < -0.3 is 9.64 Å². The standard InChI is InChI=1S/C19H23ClN4O/c20-16-12-22-19(23-13-16)24-8-3-14(4-9-24)18-11-15(18)5-10-25-17-1-6-21-7-2-17/h1-2,6-7,12-15,18H,3-5,8-11H2/t15-,18+/m1/s1. The number of halogens is 1. The summed E-state index contributed by atoms with van der Waals surface area (Å²) in [6.45, 7) is 2.90. The van der Waals surface area contributed by atoms with Crippen LogP contribution in [0.4, 0.5) is 5.95 Å². The zero-order valence-electron chi connectivity index (χ0n) is 14.2. The lowest BCUT2D eigenvalue weighted by Crippen LogP contribution is -2.35. The molecule has 0 bridgehead atoms. The summed E-state index contributed by atoms with van der Waals surface area (Å²) in [5.74, 6) is 4.29. The normalized spacial score (nSPS) is 23.5. The molecule has 2 fully saturated rings. The third kappa shape index (κ3) is 4.21. The highest BCUT2D eigenvalue weighted by atomic mass is 35.5. The van der Waals surface area contributed by atoms with E-state index in [-0.39, 0.29) is 0 Å². The molecule has 1 aliphatic heterocycles. The number of aromatic nitrogens is 3. The van der Waals surface area contributed by atoms with Gasteiger partial charge in [-0.05, 0) is 55.6 Å². The van der Waals surface area contributed by atoms with Crippen LogP contribution in [0.5, 0.6) is 5.75 Å². The summed E-state index contributed by atoms with van der Waals surface area (Å²) >= 11 is 5.86. The zero-order valence-corrected chi connectivity index (χ0v) is 15.0. The van der Waals surface area contributed by atoms with Crippen LogP contribution in [0, 0.1) is 17.8 Å². The van der Waals surface area contributed by atoms with Gasteiger partial charge in [0, 0.05) is 25.5 Å². The number of ether oxygens (including phenoxy) is 1. The summed E-state index contributed by atoms with van der Waals surface area (Å²) in [6.07, 6.45) is 11.9. The predicted octanol–water partition coefficient (Wildman–Crippen LogP) is 3.85. The van der Waals surface area contributed by atoms with Crippen LogP contribution in [0.25, 0.3) is 0 Å². The molecule has 2 atom stereocenters. The topological polar surface area (TPSA) is 51.1 Å². The van der Waals surface area contributed by atoms with E-state index in [1.807, 2.05) is 12.1 Å². The van der Waals surface area contributed by atoms with Gasteiger partial charge in [0.2, 0.25) is 5.95 Å². The lowest BCUT2D eigenvalue weighted by Gasteiger charge is -2.32. The maximum absolute atomic E-state index is 5.86. The van der Waals surface area contributed by atoms with Gasteiger partial charge in [0.25, 0.3) is 0 Å². The first-order chi connectivity index (χ1) is 12.3. The van der Waals surface area contributed by atoms with Crippen LogP contribution in [0.1, 0.15) is 25.7 Å². The molecule has 1 aliphatic carbocycles. The van der Waals surface area contributed by atoms with E-state index in [9.17, 15) is 0 Å². The third-order valence-corrected chi connectivity index (χ3v) is 5.61. The minimum Gasteiger partial charge on any atom is -0.493 e. The largest absolute Gasteiger partial charge is 0.493 e. The minimum absolute atomic E-state index is 0.591. The van der Waals surface area contributed by atoms with Gasteiger partial charge in [-0.1, -0.05) is 11.6 Å². The van der Waals surface area contributed by atoms with Crippen molar-refractivity contribution in [2.24, 2.45) is 17.8 Å². The molecule has 1 saturated carbocycles. The van der Waals surface area contributed by atoms with Gasteiger partial charge in [-0.25, -0.2) is 9.97 Å². The molecule has 132 valence electrons. The smallest absolute Gasteiger partial charge is 0.225 e. The van der Waals surface area contributed by atoms with Crippen LogP contribution in [0.3, 0.4) is 0 Å². The Balaban J connectivity index is 1.18. The SMILES string of the molecule is Clc1cnc(N2CCC([C@@H]3C[C@H]3CCOc3ccncc3)CC2)nc1. The highest BCUT2D eigenvalue weighted by Gasteiger charge is 2.43. The fourth-order valence-electron chi connectivity index (χ4n) is 3.94. The van der Waals surface area contributed by atoms with Gasteiger partial charge >= 0.3 is 0 Å². The second-order valence-corrected chi connectivity index (χ2v) is 7.44. The summed E-state index contributed by atoms with van der Waals surface area (Å²) in [5.41, 5.74) is 0. The van der Waals surface area contributed by atoms with Crippen LogP contribution < -0.4 is 9.64 Å². The Labute approximate surface area is 153 Å². The van der Waals surface area contributed by atoms with Gasteiger partial charge in [-0.2, -0.15) is 0 Å². The van der Waals surface area contributed by atoms with Gasteiger partial charge in [0.05, 0.1) is 24.0 Å². The number of hydrogen-bond acceptors (Lipinski definition) is 5. The molecule has 0 unspecified atom stereocenters. The number of rotatable bonds is 6. The molecule has 3 heterocycles. The Morgan fingerprint density at radius 1 is 1.12 bits per heavy atom. The van der Waals surface area contributed by atoms with E-state index in [2.05, 4.69) is 19.9 Å². The molecule has 0 aromatic carbocycles. The van der Waals surface area contributed by atoms with Crippen LogP contribution in [-0.2, 0) is 0 Å². The number of anilines is 1. The van der Waals surface area contributed by atoms with E-state index in [1.165, 1.54) is 19.3 Å². The van der Waals surface area contributed by atoms with E-state index in [0.29, 0.717) is 5.02 Å². The molecule has 1 saturated heterocycles. The van der Waals surface area contributed by atoms with Gasteiger partial charge in [-0.15, -0.1) is 0 Å². The predicted molar refractivity (Wildman–Crippen MR) is 97.9 cm³/mol. The third-order valence-electron chi connectivity index (χ3n) is 5.42. The minimum atomic E-state index is 0.591. The lowest BCUT2D eigenvalue weighted by atomic mass is 9.90. The molecule has 5 nitrogen and oxygen atoms in total. The summed E-state index contributed by atoms with van der Waals surface area (Å²) in [5, 5.41) is 0.591. The van der Waals surface area contributed by atoms with Gasteiger partial charge in [0.15, 0.2) is 0 Å². The molecule has 2 aliphatic rings. The highest BCUT2D eigenvalue weighted by Crippen LogP contribution is 2.49. The first-order valence-corrected chi connectivity index (χ1v) is 9.43. The van der Waals surface area contributed by atoms with Crippen LogP contribution in [0.15, 0.2) is 36.9 Å². The van der Waals surface area contributed by atoms with E-state index in [0.717, 1.165) is 55.6 Å². The van der Waals surface area contributed by atoms with E-state index in [1.54, 1.807) is 24.8 Å². The molecule has 0 amide bonds. The summed E-state index contributed by atoms with van der Waals surface area (Å²) < 4.78 is 5.80. The Kier molecular flexibility index (Phi) is 5.02. The molecule has 0 spiro atoms. The average molecular weight is 359 g/mol. The molecule has 6 heteroatoms. The highest BCUT2D eigenvalue weighted by molar-refractivity contribution is 6.30. The first-order valence-electron chi connectivity index (χ1n) is 9.05. The van der Waals surface area contributed by atoms with Crippen molar-refractivity contribution in [3.8, 4) is 5.75 Å². The summed E-state index contributed by atoms with van der Waals surface area (Å²) in [6, 6.07) is 3.83. The second-order valence-electron chi connectivity index (χ2n) is 7.01. The summed E-state index contributed by atoms with van der Waals surface area (Å²) in [7, 11) is 0. The molecule has 0 radical (unpaired) electrons. The first kappa shape index (κ1) is 16.6. The Hall–Kier alpha value is -1.88.